The lowest BCUT2D eigenvalue weighted by molar-refractivity contribution is 0.359. The van der Waals surface area contributed by atoms with Crippen LogP contribution in [0.2, 0.25) is 0 Å². The highest BCUT2D eigenvalue weighted by Crippen LogP contribution is 2.24. The number of aromatic nitrogens is 2. The Morgan fingerprint density at radius 2 is 1.83 bits per heavy atom. The van der Waals surface area contributed by atoms with Gasteiger partial charge in [0.05, 0.1) is 6.04 Å². The van der Waals surface area contributed by atoms with Crippen molar-refractivity contribution >= 4 is 0 Å². The lowest BCUT2D eigenvalue weighted by Crippen LogP contribution is -2.17. The van der Waals surface area contributed by atoms with Crippen LogP contribution in [0.25, 0.3) is 0 Å². The maximum atomic E-state index is 13.5. The smallest absolute Gasteiger partial charge is 0.229 e. The lowest BCUT2D eigenvalue weighted by Gasteiger charge is -2.09. The molecule has 2 rings (SSSR count). The van der Waals surface area contributed by atoms with E-state index in [0.717, 1.165) is 12.1 Å². The van der Waals surface area contributed by atoms with E-state index in [4.69, 9.17) is 10.3 Å². The summed E-state index contributed by atoms with van der Waals surface area (Å²) in [7, 11) is 0. The van der Waals surface area contributed by atoms with Crippen molar-refractivity contribution in [3.05, 3.63) is 47.1 Å². The van der Waals surface area contributed by atoms with Gasteiger partial charge in [-0.25, -0.2) is 8.78 Å². The predicted octanol–water partition coefficient (Wildman–Crippen LogP) is 2.52. The molecule has 1 aromatic carbocycles. The maximum Gasteiger partial charge on any atom is 0.229 e. The van der Waals surface area contributed by atoms with Crippen LogP contribution in [0, 0.1) is 11.6 Å². The summed E-state index contributed by atoms with van der Waals surface area (Å²) in [5, 5.41) is 3.65. The van der Waals surface area contributed by atoms with E-state index >= 15 is 0 Å². The van der Waals surface area contributed by atoms with Crippen molar-refractivity contribution < 1.29 is 13.3 Å². The second-order valence-electron chi connectivity index (χ2n) is 4.26. The number of hydrogen-bond acceptors (Lipinski definition) is 4. The molecule has 0 aliphatic heterocycles. The molecule has 0 bridgehead atoms. The number of nitrogens with zero attached hydrogens (tertiary/aromatic N) is 2. The summed E-state index contributed by atoms with van der Waals surface area (Å²) in [5.74, 6) is -0.958. The summed E-state index contributed by atoms with van der Waals surface area (Å²) in [4.78, 5) is 4.03. The Morgan fingerprint density at radius 3 is 2.33 bits per heavy atom. The van der Waals surface area contributed by atoms with Gasteiger partial charge in [0.25, 0.3) is 0 Å². The molecule has 0 fully saturated rings. The van der Waals surface area contributed by atoms with Crippen molar-refractivity contribution in [2.45, 2.75) is 25.8 Å². The first-order chi connectivity index (χ1) is 8.50. The largest absolute Gasteiger partial charge is 0.339 e. The number of hydrogen-bond donors (Lipinski definition) is 1. The van der Waals surface area contributed by atoms with Crippen molar-refractivity contribution in [2.75, 3.05) is 0 Å². The normalized spacial score (nSPS) is 13.0. The minimum absolute atomic E-state index is 0.0314. The van der Waals surface area contributed by atoms with Gasteiger partial charge in [0.1, 0.15) is 11.6 Å². The fourth-order valence-electron chi connectivity index (χ4n) is 1.55. The Bertz CT molecular complexity index is 534. The van der Waals surface area contributed by atoms with Gasteiger partial charge in [-0.3, -0.25) is 0 Å². The molecule has 1 unspecified atom stereocenters. The topological polar surface area (TPSA) is 64.9 Å². The first-order valence-electron chi connectivity index (χ1n) is 5.53. The van der Waals surface area contributed by atoms with Crippen LogP contribution in [0.5, 0.6) is 0 Å². The zero-order chi connectivity index (χ0) is 13.3. The van der Waals surface area contributed by atoms with E-state index in [1.807, 2.05) is 13.8 Å². The third-order valence-electron chi connectivity index (χ3n) is 2.54. The minimum Gasteiger partial charge on any atom is -0.339 e. The van der Waals surface area contributed by atoms with Gasteiger partial charge in [0.15, 0.2) is 5.82 Å². The van der Waals surface area contributed by atoms with Crippen molar-refractivity contribution in [3.63, 3.8) is 0 Å². The van der Waals surface area contributed by atoms with Crippen LogP contribution in [-0.2, 0) is 0 Å². The lowest BCUT2D eigenvalue weighted by atomic mass is 10.1. The van der Waals surface area contributed by atoms with Gasteiger partial charge in [-0.2, -0.15) is 4.98 Å². The van der Waals surface area contributed by atoms with Gasteiger partial charge in [0.2, 0.25) is 5.89 Å². The summed E-state index contributed by atoms with van der Waals surface area (Å²) in [6.07, 6.45) is 0. The van der Waals surface area contributed by atoms with E-state index in [-0.39, 0.29) is 17.3 Å². The van der Waals surface area contributed by atoms with Crippen LogP contribution in [0.1, 0.15) is 43.1 Å². The van der Waals surface area contributed by atoms with Crippen molar-refractivity contribution in [1.82, 2.24) is 10.1 Å². The summed E-state index contributed by atoms with van der Waals surface area (Å²) >= 11 is 0. The molecule has 96 valence electrons. The third kappa shape index (κ3) is 2.24. The molecule has 2 aromatic rings. The van der Waals surface area contributed by atoms with E-state index in [0.29, 0.717) is 5.89 Å². The van der Waals surface area contributed by atoms with Crippen molar-refractivity contribution in [2.24, 2.45) is 5.73 Å². The molecule has 6 heteroatoms. The Morgan fingerprint density at radius 1 is 1.22 bits per heavy atom. The molecule has 2 N–H and O–H groups in total. The molecule has 0 amide bonds. The van der Waals surface area contributed by atoms with Crippen LogP contribution < -0.4 is 5.73 Å². The highest BCUT2D eigenvalue weighted by molar-refractivity contribution is 5.27. The fraction of sp³-hybridized carbons (Fsp3) is 0.333. The van der Waals surface area contributed by atoms with Gasteiger partial charge < -0.3 is 10.3 Å². The molecular weight excluding hydrogens is 240 g/mol. The molecule has 1 heterocycles. The molecular formula is C12H13F2N3O. The predicted molar refractivity (Wildman–Crippen MR) is 60.8 cm³/mol. The minimum atomic E-state index is -1.08. The summed E-state index contributed by atoms with van der Waals surface area (Å²) < 4.78 is 32.1. The van der Waals surface area contributed by atoms with Crippen LogP contribution in [0.4, 0.5) is 8.78 Å². The average molecular weight is 253 g/mol. The second-order valence-corrected chi connectivity index (χ2v) is 4.26. The molecule has 0 saturated heterocycles. The number of rotatable bonds is 3. The molecule has 0 radical (unpaired) electrons. The number of nitrogens with two attached hydrogens (primary N) is 1. The second kappa shape index (κ2) is 4.81. The van der Waals surface area contributed by atoms with Crippen LogP contribution in [-0.4, -0.2) is 10.1 Å². The standard InChI is InChI=1S/C12H13F2N3O/c1-6(2)12-16-11(17-18-12)10(15)9-7(13)4-3-5-8(9)14/h3-6,10H,15H2,1-2H3. The van der Waals surface area contributed by atoms with E-state index in [1.165, 1.54) is 6.07 Å². The monoisotopic (exact) mass is 253 g/mol. The van der Waals surface area contributed by atoms with Gasteiger partial charge in [-0.15, -0.1) is 0 Å². The first kappa shape index (κ1) is 12.6. The molecule has 18 heavy (non-hydrogen) atoms. The molecule has 0 spiro atoms. The molecule has 0 aliphatic carbocycles. The Hall–Kier alpha value is -1.82. The van der Waals surface area contributed by atoms with Crippen molar-refractivity contribution in [3.8, 4) is 0 Å². The SMILES string of the molecule is CC(C)c1nc(C(N)c2c(F)cccc2F)no1. The zero-order valence-electron chi connectivity index (χ0n) is 10.0. The van der Waals surface area contributed by atoms with Gasteiger partial charge in [-0.05, 0) is 12.1 Å². The Labute approximate surface area is 103 Å². The first-order valence-corrected chi connectivity index (χ1v) is 5.53. The third-order valence-corrected chi connectivity index (χ3v) is 2.54. The van der Waals surface area contributed by atoms with E-state index < -0.39 is 17.7 Å². The highest BCUT2D eigenvalue weighted by Gasteiger charge is 2.23. The Kier molecular flexibility index (Phi) is 3.38. The number of halogens is 2. The molecule has 0 aliphatic rings. The summed E-state index contributed by atoms with van der Waals surface area (Å²) in [6, 6.07) is 2.47. The molecule has 0 saturated carbocycles. The highest BCUT2D eigenvalue weighted by atomic mass is 19.1. The van der Waals surface area contributed by atoms with E-state index in [9.17, 15) is 8.78 Å². The quantitative estimate of drug-likeness (QED) is 0.912. The van der Waals surface area contributed by atoms with Gasteiger partial charge >= 0.3 is 0 Å². The van der Waals surface area contributed by atoms with Crippen molar-refractivity contribution in [1.29, 1.82) is 0 Å². The fourth-order valence-corrected chi connectivity index (χ4v) is 1.55. The summed E-state index contributed by atoms with van der Waals surface area (Å²) in [6.45, 7) is 3.74. The molecule has 4 nitrogen and oxygen atoms in total. The summed E-state index contributed by atoms with van der Waals surface area (Å²) in [5.41, 5.74) is 5.51. The van der Waals surface area contributed by atoms with E-state index in [1.54, 1.807) is 0 Å². The number of benzene rings is 1. The average Bonchev–Trinajstić information content (AvgIpc) is 2.77. The Balaban J connectivity index is 2.38. The molecule has 1 aromatic heterocycles. The van der Waals surface area contributed by atoms with Crippen LogP contribution in [0.15, 0.2) is 22.7 Å². The van der Waals surface area contributed by atoms with Crippen LogP contribution >= 0.6 is 0 Å². The van der Waals surface area contributed by atoms with E-state index in [2.05, 4.69) is 10.1 Å². The van der Waals surface area contributed by atoms with Crippen LogP contribution in [0.3, 0.4) is 0 Å². The molecule has 1 atom stereocenters. The van der Waals surface area contributed by atoms with Gasteiger partial charge in [-0.1, -0.05) is 25.1 Å². The zero-order valence-corrected chi connectivity index (χ0v) is 10.0. The maximum absolute atomic E-state index is 13.5. The van der Waals surface area contributed by atoms with Gasteiger partial charge in [0, 0.05) is 11.5 Å².